The van der Waals surface area contributed by atoms with Crippen molar-refractivity contribution in [1.82, 2.24) is 15.1 Å². The molecule has 0 saturated heterocycles. The van der Waals surface area contributed by atoms with E-state index in [-0.39, 0.29) is 5.91 Å². The van der Waals surface area contributed by atoms with E-state index < -0.39 is 6.10 Å². The fourth-order valence-electron chi connectivity index (χ4n) is 2.49. The summed E-state index contributed by atoms with van der Waals surface area (Å²) in [5.41, 5.74) is 3.28. The second-order valence-electron chi connectivity index (χ2n) is 6.00. The summed E-state index contributed by atoms with van der Waals surface area (Å²) in [6.45, 7) is 8.57. The van der Waals surface area contributed by atoms with Gasteiger partial charge < -0.3 is 10.1 Å². The van der Waals surface area contributed by atoms with Gasteiger partial charge in [-0.3, -0.25) is 4.79 Å². The number of para-hydroxylation sites is 1. The Balaban J connectivity index is 1.76. The molecule has 5 heteroatoms. The van der Waals surface area contributed by atoms with E-state index in [4.69, 9.17) is 4.74 Å². The maximum Gasteiger partial charge on any atom is 0.248 e. The second-order valence-corrected chi connectivity index (χ2v) is 6.00. The van der Waals surface area contributed by atoms with Crippen LogP contribution in [0.1, 0.15) is 31.0 Å². The van der Waals surface area contributed by atoms with Crippen LogP contribution in [0.5, 0.6) is 0 Å². The molecule has 0 unspecified atom stereocenters. The molecule has 1 heterocycles. The highest BCUT2D eigenvalue weighted by atomic mass is 16.5. The Bertz CT molecular complexity index is 680. The maximum absolute atomic E-state index is 11.9. The van der Waals surface area contributed by atoms with E-state index in [9.17, 15) is 4.79 Å². The van der Waals surface area contributed by atoms with Crippen LogP contribution in [0.4, 0.5) is 0 Å². The van der Waals surface area contributed by atoms with E-state index in [0.717, 1.165) is 30.6 Å². The summed E-state index contributed by atoms with van der Waals surface area (Å²) >= 11 is 0. The standard InChI is InChI=1S/C20H27N3O2/c1-4-5-14-25-17(3)20(24)21-13-9-10-18-15-23(22-16(18)2)19-11-7-6-8-12-19/h4,6-8,11-12,15,17H,1,5,9-10,13-14H2,2-3H3,(H,21,24)/t17-/m0/s1. The molecule has 1 atom stereocenters. The monoisotopic (exact) mass is 341 g/mol. The van der Waals surface area contributed by atoms with Crippen molar-refractivity contribution in [3.63, 3.8) is 0 Å². The molecule has 1 amide bonds. The van der Waals surface area contributed by atoms with Crippen molar-refractivity contribution in [3.8, 4) is 5.69 Å². The maximum atomic E-state index is 11.9. The molecule has 0 bridgehead atoms. The number of nitrogens with one attached hydrogen (secondary N) is 1. The molecular formula is C20H27N3O2. The van der Waals surface area contributed by atoms with Crippen molar-refractivity contribution in [2.75, 3.05) is 13.2 Å². The normalized spacial score (nSPS) is 11.9. The zero-order chi connectivity index (χ0) is 18.1. The number of ether oxygens (including phenoxy) is 1. The van der Waals surface area contributed by atoms with Gasteiger partial charge in [0.2, 0.25) is 5.91 Å². The number of amides is 1. The number of aromatic nitrogens is 2. The van der Waals surface area contributed by atoms with Crippen molar-refractivity contribution in [2.45, 2.75) is 39.2 Å². The van der Waals surface area contributed by atoms with Crippen LogP contribution in [0.15, 0.2) is 49.2 Å². The SMILES string of the molecule is C=CCCO[C@@H](C)C(=O)NCCCc1cn(-c2ccccc2)nc1C. The van der Waals surface area contributed by atoms with Crippen molar-refractivity contribution < 1.29 is 9.53 Å². The third-order valence-electron chi connectivity index (χ3n) is 4.00. The van der Waals surface area contributed by atoms with E-state index in [2.05, 4.69) is 23.2 Å². The molecule has 1 N–H and O–H groups in total. The Labute approximate surface area is 149 Å². The van der Waals surface area contributed by atoms with E-state index in [1.165, 1.54) is 5.56 Å². The molecule has 0 radical (unpaired) electrons. The molecule has 0 saturated carbocycles. The first-order valence-electron chi connectivity index (χ1n) is 8.72. The van der Waals surface area contributed by atoms with E-state index in [0.29, 0.717) is 13.2 Å². The third-order valence-corrected chi connectivity index (χ3v) is 4.00. The highest BCUT2D eigenvalue weighted by Crippen LogP contribution is 2.13. The molecular weight excluding hydrogens is 314 g/mol. The predicted molar refractivity (Wildman–Crippen MR) is 99.9 cm³/mol. The number of hydrogen-bond acceptors (Lipinski definition) is 3. The average molecular weight is 341 g/mol. The fraction of sp³-hybridized carbons (Fsp3) is 0.400. The molecule has 134 valence electrons. The largest absolute Gasteiger partial charge is 0.368 e. The van der Waals surface area contributed by atoms with E-state index in [1.807, 2.05) is 41.9 Å². The van der Waals surface area contributed by atoms with Gasteiger partial charge in [0.15, 0.2) is 0 Å². The van der Waals surface area contributed by atoms with Gasteiger partial charge in [0.1, 0.15) is 6.10 Å². The van der Waals surface area contributed by atoms with Crippen LogP contribution in [0.25, 0.3) is 5.69 Å². The van der Waals surface area contributed by atoms with Gasteiger partial charge in [0, 0.05) is 12.7 Å². The first-order valence-corrected chi connectivity index (χ1v) is 8.72. The Morgan fingerprint density at radius 3 is 2.88 bits per heavy atom. The highest BCUT2D eigenvalue weighted by molar-refractivity contribution is 5.80. The van der Waals surface area contributed by atoms with Crippen molar-refractivity contribution in [3.05, 3.63) is 60.4 Å². The summed E-state index contributed by atoms with van der Waals surface area (Å²) in [5.74, 6) is -0.0687. The van der Waals surface area contributed by atoms with E-state index in [1.54, 1.807) is 13.0 Å². The number of hydrogen-bond donors (Lipinski definition) is 1. The summed E-state index contributed by atoms with van der Waals surface area (Å²) in [5, 5.41) is 7.49. The number of aryl methyl sites for hydroxylation is 2. The predicted octanol–water partition coefficient (Wildman–Crippen LogP) is 3.21. The Morgan fingerprint density at radius 2 is 2.16 bits per heavy atom. The van der Waals surface area contributed by atoms with Crippen LogP contribution >= 0.6 is 0 Å². The minimum Gasteiger partial charge on any atom is -0.368 e. The number of carbonyl (C=O) groups is 1. The van der Waals surface area contributed by atoms with Gasteiger partial charge in [0.05, 0.1) is 18.0 Å². The molecule has 2 aromatic rings. The minimum atomic E-state index is -0.428. The lowest BCUT2D eigenvalue weighted by Gasteiger charge is -2.12. The van der Waals surface area contributed by atoms with Gasteiger partial charge >= 0.3 is 0 Å². The smallest absolute Gasteiger partial charge is 0.248 e. The first kappa shape index (κ1) is 18.9. The zero-order valence-electron chi connectivity index (χ0n) is 15.1. The van der Waals surface area contributed by atoms with Crippen LogP contribution in [0.2, 0.25) is 0 Å². The van der Waals surface area contributed by atoms with Crippen molar-refractivity contribution in [1.29, 1.82) is 0 Å². The minimum absolute atomic E-state index is 0.0687. The average Bonchev–Trinajstić information content (AvgIpc) is 3.00. The summed E-state index contributed by atoms with van der Waals surface area (Å²) in [6.07, 6.45) is 5.91. The molecule has 0 spiro atoms. The van der Waals surface area contributed by atoms with Crippen LogP contribution in [-0.4, -0.2) is 34.9 Å². The molecule has 25 heavy (non-hydrogen) atoms. The van der Waals surface area contributed by atoms with Crippen LogP contribution in [-0.2, 0) is 16.0 Å². The zero-order valence-corrected chi connectivity index (χ0v) is 15.1. The van der Waals surface area contributed by atoms with Gasteiger partial charge in [-0.2, -0.15) is 5.10 Å². The van der Waals surface area contributed by atoms with Gasteiger partial charge in [-0.25, -0.2) is 4.68 Å². The quantitative estimate of drug-likeness (QED) is 0.533. The molecule has 0 aliphatic heterocycles. The van der Waals surface area contributed by atoms with E-state index >= 15 is 0 Å². The Kier molecular flexibility index (Phi) is 7.41. The van der Waals surface area contributed by atoms with Gasteiger partial charge in [-0.15, -0.1) is 6.58 Å². The lowest BCUT2D eigenvalue weighted by atomic mass is 10.1. The molecule has 1 aromatic heterocycles. The molecule has 1 aromatic carbocycles. The summed E-state index contributed by atoms with van der Waals surface area (Å²) in [6, 6.07) is 10.1. The Hall–Kier alpha value is -2.40. The van der Waals surface area contributed by atoms with Crippen LogP contribution in [0.3, 0.4) is 0 Å². The van der Waals surface area contributed by atoms with Crippen molar-refractivity contribution >= 4 is 5.91 Å². The lowest BCUT2D eigenvalue weighted by molar-refractivity contribution is -0.131. The van der Waals surface area contributed by atoms with Gasteiger partial charge in [0.25, 0.3) is 0 Å². The Morgan fingerprint density at radius 1 is 1.40 bits per heavy atom. The highest BCUT2D eigenvalue weighted by Gasteiger charge is 2.12. The fourth-order valence-corrected chi connectivity index (χ4v) is 2.49. The first-order chi connectivity index (χ1) is 12.1. The summed E-state index contributed by atoms with van der Waals surface area (Å²) < 4.78 is 7.34. The van der Waals surface area contributed by atoms with Crippen LogP contribution < -0.4 is 5.32 Å². The number of carbonyl (C=O) groups excluding carboxylic acids is 1. The van der Waals surface area contributed by atoms with Gasteiger partial charge in [-0.1, -0.05) is 24.3 Å². The third kappa shape index (κ3) is 5.87. The summed E-state index contributed by atoms with van der Waals surface area (Å²) in [4.78, 5) is 11.9. The number of nitrogens with zero attached hydrogens (tertiary/aromatic N) is 2. The lowest BCUT2D eigenvalue weighted by Crippen LogP contribution is -2.35. The number of rotatable bonds is 10. The molecule has 0 aliphatic carbocycles. The van der Waals surface area contributed by atoms with Gasteiger partial charge in [-0.05, 0) is 50.8 Å². The molecule has 0 aliphatic rings. The molecule has 2 rings (SSSR count). The summed E-state index contributed by atoms with van der Waals surface area (Å²) in [7, 11) is 0. The topological polar surface area (TPSA) is 56.1 Å². The molecule has 5 nitrogen and oxygen atoms in total. The van der Waals surface area contributed by atoms with Crippen LogP contribution in [0, 0.1) is 6.92 Å². The second kappa shape index (κ2) is 9.79. The molecule has 0 fully saturated rings. The van der Waals surface area contributed by atoms with Crippen molar-refractivity contribution in [2.24, 2.45) is 0 Å². The number of benzene rings is 1.